The van der Waals surface area contributed by atoms with Crippen LogP contribution in [-0.4, -0.2) is 43.4 Å². The van der Waals surface area contributed by atoms with Gasteiger partial charge >= 0.3 is 0 Å². The first-order valence-corrected chi connectivity index (χ1v) is 11.4. The van der Waals surface area contributed by atoms with Crippen molar-refractivity contribution in [2.45, 2.75) is 32.4 Å². The van der Waals surface area contributed by atoms with Gasteiger partial charge in [-0.2, -0.15) is 0 Å². The smallest absolute Gasteiger partial charge is 0.128 e. The Hall–Kier alpha value is -3.26. The van der Waals surface area contributed by atoms with Gasteiger partial charge in [0, 0.05) is 23.7 Å². The summed E-state index contributed by atoms with van der Waals surface area (Å²) in [5, 5.41) is 9.68. The van der Waals surface area contributed by atoms with Gasteiger partial charge in [0.2, 0.25) is 0 Å². The zero-order valence-corrected chi connectivity index (χ0v) is 19.6. The first kappa shape index (κ1) is 22.9. The molecule has 0 radical (unpaired) electrons. The Morgan fingerprint density at radius 1 is 0.970 bits per heavy atom. The maximum absolute atomic E-state index is 9.68. The number of nitrogens with zero attached hydrogens (tertiary/aromatic N) is 1. The third-order valence-corrected chi connectivity index (χ3v) is 6.44. The number of aliphatic hydroxyl groups excluding tert-OH is 1. The summed E-state index contributed by atoms with van der Waals surface area (Å²) >= 11 is 0. The predicted molar refractivity (Wildman–Crippen MR) is 133 cm³/mol. The number of hydrogen-bond acceptors (Lipinski definition) is 4. The zero-order valence-electron chi connectivity index (χ0n) is 19.6. The van der Waals surface area contributed by atoms with Crippen LogP contribution in [0.1, 0.15) is 35.1 Å². The molecular weight excluding hydrogens is 410 g/mol. The fourth-order valence-electron chi connectivity index (χ4n) is 4.57. The molecule has 4 rings (SSSR count). The second kappa shape index (κ2) is 10.6. The highest BCUT2D eigenvalue weighted by Gasteiger charge is 2.26. The van der Waals surface area contributed by atoms with E-state index in [9.17, 15) is 5.11 Å². The van der Waals surface area contributed by atoms with E-state index in [0.717, 1.165) is 53.1 Å². The lowest BCUT2D eigenvalue weighted by Gasteiger charge is -2.25. The van der Waals surface area contributed by atoms with Gasteiger partial charge in [-0.3, -0.25) is 4.90 Å². The van der Waals surface area contributed by atoms with Crippen molar-refractivity contribution in [3.05, 3.63) is 82.9 Å². The lowest BCUT2D eigenvalue weighted by Crippen LogP contribution is -2.31. The van der Waals surface area contributed by atoms with Crippen molar-refractivity contribution in [2.75, 3.05) is 27.4 Å². The summed E-state index contributed by atoms with van der Waals surface area (Å²) in [6.07, 6.45) is 2.12. The van der Waals surface area contributed by atoms with Gasteiger partial charge in [-0.1, -0.05) is 54.3 Å². The molecule has 0 saturated carbocycles. The van der Waals surface area contributed by atoms with E-state index in [2.05, 4.69) is 66.1 Å². The van der Waals surface area contributed by atoms with E-state index in [1.54, 1.807) is 14.2 Å². The third kappa shape index (κ3) is 5.06. The summed E-state index contributed by atoms with van der Waals surface area (Å²) in [7, 11) is 3.35. The lowest BCUT2D eigenvalue weighted by molar-refractivity contribution is 0.151. The van der Waals surface area contributed by atoms with Gasteiger partial charge in [0.15, 0.2) is 0 Å². The van der Waals surface area contributed by atoms with Crippen LogP contribution in [0, 0.1) is 18.8 Å². The normalized spacial score (nSPS) is 15.7. The van der Waals surface area contributed by atoms with E-state index in [0.29, 0.717) is 6.54 Å². The van der Waals surface area contributed by atoms with Gasteiger partial charge in [-0.25, -0.2) is 0 Å². The molecule has 1 aliphatic heterocycles. The molecule has 1 unspecified atom stereocenters. The highest BCUT2D eigenvalue weighted by atomic mass is 16.5. The van der Waals surface area contributed by atoms with Crippen LogP contribution in [0.5, 0.6) is 11.5 Å². The van der Waals surface area contributed by atoms with Crippen LogP contribution in [0.3, 0.4) is 0 Å². The molecule has 1 atom stereocenters. The summed E-state index contributed by atoms with van der Waals surface area (Å²) < 4.78 is 11.4. The molecule has 0 aliphatic carbocycles. The van der Waals surface area contributed by atoms with Crippen LogP contribution in [0.15, 0.2) is 60.7 Å². The van der Waals surface area contributed by atoms with Crippen LogP contribution < -0.4 is 9.47 Å². The molecule has 1 N–H and O–H groups in total. The quantitative estimate of drug-likeness (QED) is 0.545. The van der Waals surface area contributed by atoms with Crippen molar-refractivity contribution >= 4 is 0 Å². The Morgan fingerprint density at radius 3 is 2.36 bits per heavy atom. The molecule has 170 valence electrons. The van der Waals surface area contributed by atoms with Crippen LogP contribution in [0.2, 0.25) is 0 Å². The Morgan fingerprint density at radius 2 is 1.70 bits per heavy atom. The fraction of sp³-hybridized carbons (Fsp3) is 0.310. The summed E-state index contributed by atoms with van der Waals surface area (Å²) in [6, 6.07) is 20.8. The third-order valence-electron chi connectivity index (χ3n) is 6.44. The van der Waals surface area contributed by atoms with Gasteiger partial charge in [-0.15, -0.1) is 0 Å². The molecule has 3 aromatic rings. The van der Waals surface area contributed by atoms with Crippen LogP contribution in [-0.2, 0) is 6.54 Å². The van der Waals surface area contributed by atoms with E-state index in [1.807, 2.05) is 18.2 Å². The van der Waals surface area contributed by atoms with E-state index < -0.39 is 0 Å². The average Bonchev–Trinajstić information content (AvgIpc) is 3.31. The minimum Gasteiger partial charge on any atom is -0.496 e. The number of benzene rings is 3. The number of likely N-dealkylation sites (tertiary alicyclic amines) is 1. The fourth-order valence-corrected chi connectivity index (χ4v) is 4.57. The molecule has 33 heavy (non-hydrogen) atoms. The van der Waals surface area contributed by atoms with Crippen LogP contribution in [0.4, 0.5) is 0 Å². The van der Waals surface area contributed by atoms with Crippen LogP contribution in [0.25, 0.3) is 11.1 Å². The Balaban J connectivity index is 1.65. The van der Waals surface area contributed by atoms with Crippen molar-refractivity contribution in [2.24, 2.45) is 0 Å². The molecule has 0 aromatic heterocycles. The standard InChI is InChI=1S/C29H31NO3/c1-21-23(11-7-13-26(21)24-9-5-4-6-10-24)15-14-22-17-28(32-2)27(29(18-22)33-3)19-30-16-8-12-25(30)20-31/h4-7,9-11,13,17-18,25,31H,8,12,16,19-20H2,1-3H3. The monoisotopic (exact) mass is 441 g/mol. The molecule has 1 heterocycles. The molecule has 1 saturated heterocycles. The highest BCUT2D eigenvalue weighted by molar-refractivity contribution is 5.70. The maximum atomic E-state index is 9.68. The summed E-state index contributed by atoms with van der Waals surface area (Å²) in [5.41, 5.74) is 6.38. The summed E-state index contributed by atoms with van der Waals surface area (Å²) in [4.78, 5) is 2.30. The van der Waals surface area contributed by atoms with E-state index >= 15 is 0 Å². The van der Waals surface area contributed by atoms with E-state index in [4.69, 9.17) is 9.47 Å². The molecular formula is C29H31NO3. The molecule has 4 nitrogen and oxygen atoms in total. The minimum atomic E-state index is 0.176. The van der Waals surface area contributed by atoms with Gasteiger partial charge in [-0.05, 0) is 61.2 Å². The van der Waals surface area contributed by atoms with Crippen molar-refractivity contribution < 1.29 is 14.6 Å². The lowest BCUT2D eigenvalue weighted by atomic mass is 9.96. The molecule has 1 aliphatic rings. The zero-order chi connectivity index (χ0) is 23.2. The first-order valence-electron chi connectivity index (χ1n) is 11.4. The van der Waals surface area contributed by atoms with Gasteiger partial charge in [0.25, 0.3) is 0 Å². The first-order chi connectivity index (χ1) is 16.1. The van der Waals surface area contributed by atoms with Gasteiger partial charge in [0.1, 0.15) is 11.5 Å². The second-order valence-corrected chi connectivity index (χ2v) is 8.40. The maximum Gasteiger partial charge on any atom is 0.128 e. The Kier molecular flexibility index (Phi) is 7.34. The van der Waals surface area contributed by atoms with Crippen molar-refractivity contribution in [1.29, 1.82) is 0 Å². The second-order valence-electron chi connectivity index (χ2n) is 8.40. The molecule has 0 spiro atoms. The van der Waals surface area contributed by atoms with E-state index in [1.165, 1.54) is 11.1 Å². The average molecular weight is 442 g/mol. The number of aliphatic hydroxyl groups is 1. The van der Waals surface area contributed by atoms with Crippen molar-refractivity contribution in [1.82, 2.24) is 4.90 Å². The van der Waals surface area contributed by atoms with Crippen molar-refractivity contribution in [3.63, 3.8) is 0 Å². The van der Waals surface area contributed by atoms with Gasteiger partial charge < -0.3 is 14.6 Å². The highest BCUT2D eigenvalue weighted by Crippen LogP contribution is 2.34. The van der Waals surface area contributed by atoms with E-state index in [-0.39, 0.29) is 12.6 Å². The predicted octanol–water partition coefficient (Wildman–Crippen LogP) is 5.04. The number of ether oxygens (including phenoxy) is 2. The van der Waals surface area contributed by atoms with Gasteiger partial charge in [0.05, 0.1) is 26.4 Å². The number of methoxy groups -OCH3 is 2. The Labute approximate surface area is 196 Å². The molecule has 4 heteroatoms. The molecule has 0 bridgehead atoms. The molecule has 1 fully saturated rings. The summed E-state index contributed by atoms with van der Waals surface area (Å²) in [6.45, 7) is 3.94. The topological polar surface area (TPSA) is 41.9 Å². The molecule has 3 aromatic carbocycles. The molecule has 0 amide bonds. The Bertz CT molecular complexity index is 1140. The van der Waals surface area contributed by atoms with Crippen LogP contribution >= 0.6 is 0 Å². The van der Waals surface area contributed by atoms with Crippen molar-refractivity contribution in [3.8, 4) is 34.5 Å². The number of hydrogen-bond donors (Lipinski definition) is 1. The summed E-state index contributed by atoms with van der Waals surface area (Å²) in [5.74, 6) is 8.18. The minimum absolute atomic E-state index is 0.176. The largest absolute Gasteiger partial charge is 0.496 e. The number of rotatable bonds is 6. The SMILES string of the molecule is COc1cc(C#Cc2cccc(-c3ccccc3)c2C)cc(OC)c1CN1CCCC1CO.